The highest BCUT2D eigenvalue weighted by molar-refractivity contribution is 6.32. The number of methoxy groups -OCH3 is 2. The third kappa shape index (κ3) is 6.04. The summed E-state index contributed by atoms with van der Waals surface area (Å²) in [7, 11) is 2.88. The Morgan fingerprint density at radius 2 is 1.70 bits per heavy atom. The van der Waals surface area contributed by atoms with Crippen LogP contribution < -0.4 is 14.8 Å². The maximum absolute atomic E-state index is 12.4. The molecule has 146 valence electrons. The molecule has 0 aliphatic heterocycles. The molecule has 0 saturated carbocycles. The maximum Gasteiger partial charge on any atom is 0.411 e. The Morgan fingerprint density at radius 1 is 1.07 bits per heavy atom. The molecule has 27 heavy (non-hydrogen) atoms. The summed E-state index contributed by atoms with van der Waals surface area (Å²) in [4.78, 5) is 12.4. The van der Waals surface area contributed by atoms with Crippen LogP contribution in [0.2, 0.25) is 5.02 Å². The first-order valence-electron chi connectivity index (χ1n) is 7.70. The molecule has 2 aromatic rings. The number of benzene rings is 2. The van der Waals surface area contributed by atoms with Gasteiger partial charge in [0, 0.05) is 17.7 Å². The summed E-state index contributed by atoms with van der Waals surface area (Å²) in [6.45, 7) is -1.53. The molecule has 2 rings (SSSR count). The second kappa shape index (κ2) is 8.96. The van der Waals surface area contributed by atoms with E-state index in [4.69, 9.17) is 21.1 Å². The van der Waals surface area contributed by atoms with Crippen LogP contribution in [0.5, 0.6) is 11.5 Å². The van der Waals surface area contributed by atoms with Crippen molar-refractivity contribution in [2.75, 3.05) is 26.1 Å². The lowest BCUT2D eigenvalue weighted by Gasteiger charge is -2.13. The smallest absolute Gasteiger partial charge is 0.411 e. The van der Waals surface area contributed by atoms with Gasteiger partial charge in [0.1, 0.15) is 18.1 Å². The van der Waals surface area contributed by atoms with Gasteiger partial charge < -0.3 is 19.5 Å². The Labute approximate surface area is 159 Å². The number of rotatable bonds is 7. The van der Waals surface area contributed by atoms with Crippen LogP contribution in [0, 0.1) is 0 Å². The number of alkyl halides is 3. The third-order valence-electron chi connectivity index (χ3n) is 3.47. The third-order valence-corrected chi connectivity index (χ3v) is 3.77. The zero-order valence-corrected chi connectivity index (χ0v) is 15.3. The molecule has 9 heteroatoms. The van der Waals surface area contributed by atoms with Gasteiger partial charge in [-0.05, 0) is 17.7 Å². The number of hydrogen-bond acceptors (Lipinski definition) is 4. The summed E-state index contributed by atoms with van der Waals surface area (Å²) in [5.74, 6) is 0.289. The summed E-state index contributed by atoms with van der Waals surface area (Å²) >= 11 is 6.02. The Kier molecular flexibility index (Phi) is 6.92. The largest absolute Gasteiger partial charge is 0.495 e. The van der Waals surface area contributed by atoms with Gasteiger partial charge in [-0.15, -0.1) is 0 Å². The average molecular weight is 404 g/mol. The minimum Gasteiger partial charge on any atom is -0.495 e. The molecule has 0 aromatic heterocycles. The van der Waals surface area contributed by atoms with Gasteiger partial charge in [0.25, 0.3) is 5.91 Å². The van der Waals surface area contributed by atoms with Crippen LogP contribution in [0.3, 0.4) is 0 Å². The quantitative estimate of drug-likeness (QED) is 0.728. The first-order chi connectivity index (χ1) is 12.7. The number of carbonyl (C=O) groups excluding carboxylic acids is 1. The molecule has 0 spiro atoms. The highest BCUT2D eigenvalue weighted by Gasteiger charge is 2.27. The van der Waals surface area contributed by atoms with Gasteiger partial charge in [-0.25, -0.2) is 0 Å². The number of carbonyl (C=O) groups is 1. The monoisotopic (exact) mass is 403 g/mol. The molecule has 0 aliphatic carbocycles. The molecular formula is C18H17ClF3NO4. The van der Waals surface area contributed by atoms with Crippen molar-refractivity contribution < 1.29 is 32.2 Å². The lowest BCUT2D eigenvalue weighted by molar-refractivity contribution is -0.176. The molecule has 0 bridgehead atoms. The molecule has 2 aromatic carbocycles. The standard InChI is InChI=1S/C18H17ClF3NO4/c1-25-15-8-14(16(26-2)7-13(15)19)23-17(24)12-5-3-11(4-6-12)9-27-10-18(20,21)22/h3-8H,9-10H2,1-2H3,(H,23,24). The molecule has 0 unspecified atom stereocenters. The van der Waals surface area contributed by atoms with Gasteiger partial charge in [0.15, 0.2) is 0 Å². The number of hydrogen-bond donors (Lipinski definition) is 1. The van der Waals surface area contributed by atoms with E-state index in [9.17, 15) is 18.0 Å². The van der Waals surface area contributed by atoms with Crippen molar-refractivity contribution >= 4 is 23.2 Å². The number of anilines is 1. The lowest BCUT2D eigenvalue weighted by Crippen LogP contribution is -2.16. The van der Waals surface area contributed by atoms with Crippen molar-refractivity contribution in [3.8, 4) is 11.5 Å². The summed E-state index contributed by atoms with van der Waals surface area (Å²) in [6.07, 6.45) is -4.38. The Balaban J connectivity index is 2.06. The van der Waals surface area contributed by atoms with Crippen molar-refractivity contribution in [2.45, 2.75) is 12.8 Å². The maximum atomic E-state index is 12.4. The van der Waals surface area contributed by atoms with E-state index in [1.807, 2.05) is 0 Å². The van der Waals surface area contributed by atoms with Gasteiger partial charge in [0.2, 0.25) is 0 Å². The van der Waals surface area contributed by atoms with Crippen molar-refractivity contribution in [1.82, 2.24) is 0 Å². The van der Waals surface area contributed by atoms with E-state index in [0.717, 1.165) is 0 Å². The van der Waals surface area contributed by atoms with Crippen molar-refractivity contribution in [3.63, 3.8) is 0 Å². The molecule has 5 nitrogen and oxygen atoms in total. The first kappa shape index (κ1) is 20.9. The van der Waals surface area contributed by atoms with E-state index >= 15 is 0 Å². The van der Waals surface area contributed by atoms with E-state index in [-0.39, 0.29) is 6.61 Å². The summed E-state index contributed by atoms with van der Waals surface area (Å²) in [6, 6.07) is 9.05. The van der Waals surface area contributed by atoms with Crippen LogP contribution in [-0.2, 0) is 11.3 Å². The van der Waals surface area contributed by atoms with Gasteiger partial charge in [-0.1, -0.05) is 23.7 Å². The SMILES string of the molecule is COc1cc(NC(=O)c2ccc(COCC(F)(F)F)cc2)c(OC)cc1Cl. The van der Waals surface area contributed by atoms with E-state index < -0.39 is 18.7 Å². The zero-order chi connectivity index (χ0) is 20.0. The van der Waals surface area contributed by atoms with E-state index in [1.54, 1.807) is 0 Å². The minimum atomic E-state index is -4.38. The Bertz CT molecular complexity index is 794. The fraction of sp³-hybridized carbons (Fsp3) is 0.278. The molecule has 0 radical (unpaired) electrons. The van der Waals surface area contributed by atoms with Gasteiger partial charge >= 0.3 is 6.18 Å². The van der Waals surface area contributed by atoms with Gasteiger partial charge in [0.05, 0.1) is 31.5 Å². The average Bonchev–Trinajstić information content (AvgIpc) is 2.62. The fourth-order valence-corrected chi connectivity index (χ4v) is 2.42. The number of ether oxygens (including phenoxy) is 3. The summed E-state index contributed by atoms with van der Waals surface area (Å²) in [5, 5.41) is 3.01. The van der Waals surface area contributed by atoms with E-state index in [2.05, 4.69) is 10.1 Å². The molecule has 0 fully saturated rings. The second-order valence-electron chi connectivity index (χ2n) is 5.45. The van der Waals surface area contributed by atoms with Gasteiger partial charge in [-0.2, -0.15) is 13.2 Å². The number of nitrogens with one attached hydrogen (secondary N) is 1. The molecule has 0 heterocycles. The number of amides is 1. The highest BCUT2D eigenvalue weighted by Crippen LogP contribution is 2.36. The van der Waals surface area contributed by atoms with Crippen LogP contribution in [0.4, 0.5) is 18.9 Å². The lowest BCUT2D eigenvalue weighted by atomic mass is 10.1. The predicted octanol–water partition coefficient (Wildman–Crippen LogP) is 4.69. The topological polar surface area (TPSA) is 56.8 Å². The van der Waals surface area contributed by atoms with Crippen molar-refractivity contribution in [2.24, 2.45) is 0 Å². The molecule has 1 N–H and O–H groups in total. The predicted molar refractivity (Wildman–Crippen MR) is 94.7 cm³/mol. The Morgan fingerprint density at radius 3 is 2.26 bits per heavy atom. The zero-order valence-electron chi connectivity index (χ0n) is 14.5. The summed E-state index contributed by atoms with van der Waals surface area (Å²) < 4.78 is 51.1. The molecule has 0 atom stereocenters. The molecular weight excluding hydrogens is 387 g/mol. The van der Waals surface area contributed by atoms with Crippen LogP contribution in [0.1, 0.15) is 15.9 Å². The molecule has 0 saturated heterocycles. The minimum absolute atomic E-state index is 0.205. The first-order valence-corrected chi connectivity index (χ1v) is 8.07. The van der Waals surface area contributed by atoms with Gasteiger partial charge in [-0.3, -0.25) is 4.79 Å². The van der Waals surface area contributed by atoms with Crippen molar-refractivity contribution in [3.05, 3.63) is 52.5 Å². The fourth-order valence-electron chi connectivity index (χ4n) is 2.19. The van der Waals surface area contributed by atoms with Crippen LogP contribution >= 0.6 is 11.6 Å². The van der Waals surface area contributed by atoms with Crippen molar-refractivity contribution in [1.29, 1.82) is 0 Å². The highest BCUT2D eigenvalue weighted by atomic mass is 35.5. The van der Waals surface area contributed by atoms with E-state index in [0.29, 0.717) is 33.3 Å². The molecule has 0 aliphatic rings. The normalized spacial score (nSPS) is 11.2. The van der Waals surface area contributed by atoms with Crippen LogP contribution in [0.25, 0.3) is 0 Å². The molecule has 1 amide bonds. The summed E-state index contributed by atoms with van der Waals surface area (Å²) in [5.41, 5.74) is 1.19. The van der Waals surface area contributed by atoms with E-state index in [1.165, 1.54) is 50.6 Å². The van der Waals surface area contributed by atoms with Crippen LogP contribution in [-0.4, -0.2) is 32.9 Å². The number of halogens is 4. The second-order valence-corrected chi connectivity index (χ2v) is 5.85. The Hall–Kier alpha value is -2.45. The van der Waals surface area contributed by atoms with Crippen LogP contribution in [0.15, 0.2) is 36.4 Å².